The highest BCUT2D eigenvalue weighted by Gasteiger charge is 2.20. The molecule has 112 valence electrons. The van der Waals surface area contributed by atoms with Crippen molar-refractivity contribution in [3.63, 3.8) is 0 Å². The molecule has 2 rings (SSSR count). The van der Waals surface area contributed by atoms with Gasteiger partial charge in [0.05, 0.1) is 12.1 Å². The van der Waals surface area contributed by atoms with E-state index in [9.17, 15) is 4.79 Å². The first-order valence-corrected chi connectivity index (χ1v) is 7.63. The number of rotatable bonds is 3. The lowest BCUT2D eigenvalue weighted by molar-refractivity contribution is 0.0935. The normalized spacial score (nSPS) is 21.2. The maximum atomic E-state index is 12.3. The van der Waals surface area contributed by atoms with Crippen molar-refractivity contribution in [3.8, 4) is 11.8 Å². The van der Waals surface area contributed by atoms with E-state index in [1.54, 1.807) is 18.3 Å². The summed E-state index contributed by atoms with van der Waals surface area (Å²) in [5, 5.41) is 3.01. The Labute approximate surface area is 126 Å². The fraction of sp³-hybridized carbons (Fsp3) is 0.529. The van der Waals surface area contributed by atoms with E-state index in [2.05, 4.69) is 29.1 Å². The average Bonchev–Trinajstić information content (AvgIpc) is 2.51. The Morgan fingerprint density at radius 2 is 2.38 bits per heavy atom. The van der Waals surface area contributed by atoms with E-state index in [0.717, 1.165) is 12.5 Å². The number of amides is 1. The number of carbonyl (C=O) groups excluding carboxylic acids is 1. The first-order valence-electron chi connectivity index (χ1n) is 7.63. The molecule has 0 bridgehead atoms. The van der Waals surface area contributed by atoms with Crippen molar-refractivity contribution >= 4 is 5.91 Å². The quantitative estimate of drug-likeness (QED) is 0.834. The lowest BCUT2D eigenvalue weighted by Crippen LogP contribution is -2.32. The van der Waals surface area contributed by atoms with Crippen LogP contribution in [0.2, 0.25) is 0 Å². The number of nitrogens with zero attached hydrogens (tertiary/aromatic N) is 1. The molecule has 4 nitrogen and oxygen atoms in total. The van der Waals surface area contributed by atoms with Crippen LogP contribution in [-0.2, 0) is 0 Å². The van der Waals surface area contributed by atoms with E-state index >= 15 is 0 Å². The van der Waals surface area contributed by atoms with Crippen LogP contribution in [0.4, 0.5) is 0 Å². The summed E-state index contributed by atoms with van der Waals surface area (Å²) < 4.78 is 0. The predicted molar refractivity (Wildman–Crippen MR) is 83.6 cm³/mol. The molecular weight excluding hydrogens is 262 g/mol. The van der Waals surface area contributed by atoms with Gasteiger partial charge in [0.15, 0.2) is 0 Å². The van der Waals surface area contributed by atoms with Gasteiger partial charge in [0, 0.05) is 12.7 Å². The van der Waals surface area contributed by atoms with Gasteiger partial charge in [-0.1, -0.05) is 31.6 Å². The lowest BCUT2D eigenvalue weighted by atomic mass is 9.82. The molecule has 4 heteroatoms. The monoisotopic (exact) mass is 285 g/mol. The number of carbonyl (C=O) groups is 1. The first kappa shape index (κ1) is 15.5. The Balaban J connectivity index is 1.97. The van der Waals surface area contributed by atoms with Gasteiger partial charge >= 0.3 is 0 Å². The van der Waals surface area contributed by atoms with E-state index in [-0.39, 0.29) is 12.5 Å². The maximum absolute atomic E-state index is 12.3. The van der Waals surface area contributed by atoms with Crippen molar-refractivity contribution in [1.82, 2.24) is 10.3 Å². The summed E-state index contributed by atoms with van der Waals surface area (Å²) in [6.45, 7) is 3.28. The zero-order chi connectivity index (χ0) is 15.1. The number of hydrogen-bond acceptors (Lipinski definition) is 3. The summed E-state index contributed by atoms with van der Waals surface area (Å²) in [6.07, 6.45) is 6.59. The largest absolute Gasteiger partial charge is 0.350 e. The third kappa shape index (κ3) is 4.57. The van der Waals surface area contributed by atoms with Crippen LogP contribution in [0.1, 0.15) is 48.7 Å². The Hall–Kier alpha value is -1.86. The minimum Gasteiger partial charge on any atom is -0.350 e. The molecule has 0 radical (unpaired) electrons. The van der Waals surface area contributed by atoms with E-state index in [0.29, 0.717) is 17.2 Å². The molecule has 21 heavy (non-hydrogen) atoms. The van der Waals surface area contributed by atoms with Crippen LogP contribution in [0.15, 0.2) is 18.3 Å². The zero-order valence-corrected chi connectivity index (χ0v) is 12.6. The summed E-state index contributed by atoms with van der Waals surface area (Å²) in [7, 11) is 0. The second kappa shape index (κ2) is 7.80. The third-order valence-corrected chi connectivity index (χ3v) is 3.94. The maximum Gasteiger partial charge on any atom is 0.271 e. The van der Waals surface area contributed by atoms with Gasteiger partial charge in [-0.25, -0.2) is 4.98 Å². The summed E-state index contributed by atoms with van der Waals surface area (Å²) in [4.78, 5) is 16.4. The minimum absolute atomic E-state index is 0.143. The van der Waals surface area contributed by atoms with Crippen molar-refractivity contribution < 1.29 is 4.79 Å². The summed E-state index contributed by atoms with van der Waals surface area (Å²) >= 11 is 0. The van der Waals surface area contributed by atoms with Crippen LogP contribution in [0.3, 0.4) is 0 Å². The second-order valence-electron chi connectivity index (χ2n) is 5.75. The van der Waals surface area contributed by atoms with Gasteiger partial charge in [-0.15, -0.1) is 0 Å². The fourth-order valence-corrected chi connectivity index (χ4v) is 2.90. The molecule has 0 aromatic carbocycles. The number of hydrogen-bond donors (Lipinski definition) is 2. The van der Waals surface area contributed by atoms with Gasteiger partial charge in [0.2, 0.25) is 0 Å². The molecule has 0 spiro atoms. The van der Waals surface area contributed by atoms with Crippen LogP contribution in [0, 0.1) is 23.7 Å². The molecular formula is C17H23N3O. The van der Waals surface area contributed by atoms with E-state index in [1.165, 1.54) is 25.7 Å². The van der Waals surface area contributed by atoms with Crippen molar-refractivity contribution in [2.24, 2.45) is 17.6 Å². The standard InChI is InChI=1S/C17H23N3O/c1-13-5-2-6-14(11-13)12-20-17(21)16-15(7-3-9-18)8-4-10-19-16/h4,8,10,13-14H,2,5-6,9,11-12,18H2,1H3,(H,20,21). The zero-order valence-electron chi connectivity index (χ0n) is 12.6. The lowest BCUT2D eigenvalue weighted by Gasteiger charge is -2.26. The van der Waals surface area contributed by atoms with Gasteiger partial charge in [0.25, 0.3) is 5.91 Å². The highest BCUT2D eigenvalue weighted by atomic mass is 16.1. The predicted octanol–water partition coefficient (Wildman–Crippen LogP) is 1.95. The van der Waals surface area contributed by atoms with Crippen LogP contribution in [0.5, 0.6) is 0 Å². The number of nitrogens with one attached hydrogen (secondary N) is 1. The van der Waals surface area contributed by atoms with Gasteiger partial charge in [0.1, 0.15) is 5.69 Å². The van der Waals surface area contributed by atoms with Gasteiger partial charge in [-0.05, 0) is 36.8 Å². The van der Waals surface area contributed by atoms with Crippen molar-refractivity contribution in [3.05, 3.63) is 29.6 Å². The van der Waals surface area contributed by atoms with E-state index in [1.807, 2.05) is 0 Å². The highest BCUT2D eigenvalue weighted by molar-refractivity contribution is 5.94. The van der Waals surface area contributed by atoms with E-state index < -0.39 is 0 Å². The van der Waals surface area contributed by atoms with Crippen LogP contribution in [-0.4, -0.2) is 24.0 Å². The Morgan fingerprint density at radius 3 is 3.14 bits per heavy atom. The summed E-state index contributed by atoms with van der Waals surface area (Å²) in [5.74, 6) is 6.87. The molecule has 1 aromatic heterocycles. The van der Waals surface area contributed by atoms with Crippen molar-refractivity contribution in [2.45, 2.75) is 32.6 Å². The topological polar surface area (TPSA) is 68.0 Å². The molecule has 0 aliphatic heterocycles. The minimum atomic E-state index is -0.143. The smallest absolute Gasteiger partial charge is 0.271 e. The van der Waals surface area contributed by atoms with Crippen molar-refractivity contribution in [1.29, 1.82) is 0 Å². The first-order chi connectivity index (χ1) is 10.2. The average molecular weight is 285 g/mol. The Bertz CT molecular complexity index is 544. The summed E-state index contributed by atoms with van der Waals surface area (Å²) in [5.41, 5.74) is 6.40. The SMILES string of the molecule is CC1CCCC(CNC(=O)c2ncccc2C#CCN)C1. The molecule has 1 heterocycles. The molecule has 1 aliphatic carbocycles. The molecule has 1 saturated carbocycles. The number of pyridine rings is 1. The Morgan fingerprint density at radius 1 is 1.52 bits per heavy atom. The van der Waals surface area contributed by atoms with Crippen LogP contribution >= 0.6 is 0 Å². The van der Waals surface area contributed by atoms with Gasteiger partial charge < -0.3 is 11.1 Å². The highest BCUT2D eigenvalue weighted by Crippen LogP contribution is 2.27. The van der Waals surface area contributed by atoms with Gasteiger partial charge in [-0.2, -0.15) is 0 Å². The van der Waals surface area contributed by atoms with E-state index in [4.69, 9.17) is 5.73 Å². The molecule has 1 aromatic rings. The molecule has 2 atom stereocenters. The fourth-order valence-electron chi connectivity index (χ4n) is 2.90. The molecule has 2 unspecified atom stereocenters. The Kier molecular flexibility index (Phi) is 5.77. The second-order valence-corrected chi connectivity index (χ2v) is 5.75. The molecule has 0 saturated heterocycles. The molecule has 3 N–H and O–H groups in total. The number of nitrogens with two attached hydrogens (primary N) is 1. The molecule has 1 fully saturated rings. The molecule has 1 amide bonds. The third-order valence-electron chi connectivity index (χ3n) is 3.94. The number of aromatic nitrogens is 1. The molecule has 1 aliphatic rings. The van der Waals surface area contributed by atoms with Crippen LogP contribution < -0.4 is 11.1 Å². The van der Waals surface area contributed by atoms with Crippen LogP contribution in [0.25, 0.3) is 0 Å². The van der Waals surface area contributed by atoms with Crippen molar-refractivity contribution in [2.75, 3.05) is 13.1 Å². The van der Waals surface area contributed by atoms with Gasteiger partial charge in [-0.3, -0.25) is 4.79 Å². The summed E-state index contributed by atoms with van der Waals surface area (Å²) in [6, 6.07) is 3.58.